The second-order valence-electron chi connectivity index (χ2n) is 5.78. The van der Waals surface area contributed by atoms with E-state index >= 15 is 0 Å². The second kappa shape index (κ2) is 9.19. The van der Waals surface area contributed by atoms with E-state index < -0.39 is 18.0 Å². The van der Waals surface area contributed by atoms with Gasteiger partial charge >= 0.3 is 11.9 Å². The first-order valence-electron chi connectivity index (χ1n) is 8.31. The van der Waals surface area contributed by atoms with Crippen molar-refractivity contribution in [2.45, 2.75) is 31.7 Å². The number of ketones is 1. The maximum Gasteiger partial charge on any atom is 0.330 e. The molecule has 142 valence electrons. The van der Waals surface area contributed by atoms with Crippen LogP contribution >= 0.6 is 0 Å². The molecule has 0 bridgehead atoms. The van der Waals surface area contributed by atoms with Gasteiger partial charge < -0.3 is 24.3 Å². The molecule has 0 radical (unpaired) electrons. The van der Waals surface area contributed by atoms with Crippen molar-refractivity contribution >= 4 is 17.7 Å². The van der Waals surface area contributed by atoms with Crippen molar-refractivity contribution in [3.05, 3.63) is 17.7 Å². The SMILES string of the molecule is COc1cc(C(=O)CCC(=O)OC(=O)[C@@H]2CCCN2)cc(OC)c1OC. The summed E-state index contributed by atoms with van der Waals surface area (Å²) in [5.41, 5.74) is 0.316. The van der Waals surface area contributed by atoms with Gasteiger partial charge in [0.2, 0.25) is 5.75 Å². The number of rotatable bonds is 8. The Morgan fingerprint density at radius 3 is 2.19 bits per heavy atom. The lowest BCUT2D eigenvalue weighted by atomic mass is 10.1. The smallest absolute Gasteiger partial charge is 0.330 e. The number of methoxy groups -OCH3 is 3. The van der Waals surface area contributed by atoms with Gasteiger partial charge in [0.05, 0.1) is 27.8 Å². The van der Waals surface area contributed by atoms with E-state index in [1.807, 2.05) is 0 Å². The summed E-state index contributed by atoms with van der Waals surface area (Å²) in [6.45, 7) is 0.730. The van der Waals surface area contributed by atoms with Gasteiger partial charge in [-0.25, -0.2) is 4.79 Å². The molecule has 8 heteroatoms. The number of carbonyl (C=O) groups is 3. The van der Waals surface area contributed by atoms with Crippen LogP contribution in [0.4, 0.5) is 0 Å². The molecule has 0 amide bonds. The zero-order valence-electron chi connectivity index (χ0n) is 15.1. The van der Waals surface area contributed by atoms with E-state index in [-0.39, 0.29) is 18.6 Å². The highest BCUT2D eigenvalue weighted by Gasteiger charge is 2.26. The summed E-state index contributed by atoms with van der Waals surface area (Å²) in [5.74, 6) is -0.536. The fourth-order valence-electron chi connectivity index (χ4n) is 2.72. The molecular formula is C18H23NO7. The van der Waals surface area contributed by atoms with Crippen molar-refractivity contribution in [1.29, 1.82) is 0 Å². The third-order valence-electron chi connectivity index (χ3n) is 4.10. The lowest BCUT2D eigenvalue weighted by Crippen LogP contribution is -2.33. The van der Waals surface area contributed by atoms with Crippen LogP contribution in [0.3, 0.4) is 0 Å². The first kappa shape index (κ1) is 19.7. The highest BCUT2D eigenvalue weighted by Crippen LogP contribution is 2.38. The summed E-state index contributed by atoms with van der Waals surface area (Å²) in [6, 6.07) is 2.59. The highest BCUT2D eigenvalue weighted by molar-refractivity contribution is 5.99. The molecule has 2 rings (SSSR count). The van der Waals surface area contributed by atoms with E-state index in [1.165, 1.54) is 33.5 Å². The maximum atomic E-state index is 12.4. The fourth-order valence-corrected chi connectivity index (χ4v) is 2.72. The van der Waals surface area contributed by atoms with E-state index in [1.54, 1.807) is 0 Å². The molecule has 1 heterocycles. The van der Waals surface area contributed by atoms with Crippen LogP contribution in [0.25, 0.3) is 0 Å². The summed E-state index contributed by atoms with van der Waals surface area (Å²) in [4.78, 5) is 35.9. The van der Waals surface area contributed by atoms with Gasteiger partial charge in [0.1, 0.15) is 6.04 Å². The van der Waals surface area contributed by atoms with Crippen LogP contribution in [0.1, 0.15) is 36.0 Å². The lowest BCUT2D eigenvalue weighted by Gasteiger charge is -2.13. The molecule has 8 nitrogen and oxygen atoms in total. The number of Topliss-reactive ketones (excluding diaryl/α,β-unsaturated/α-hetero) is 1. The van der Waals surface area contributed by atoms with Crippen LogP contribution in [0.15, 0.2) is 12.1 Å². The van der Waals surface area contributed by atoms with Crippen LogP contribution in [-0.4, -0.2) is 51.6 Å². The third-order valence-corrected chi connectivity index (χ3v) is 4.10. The molecule has 26 heavy (non-hydrogen) atoms. The number of esters is 2. The summed E-state index contributed by atoms with van der Waals surface area (Å²) < 4.78 is 20.4. The van der Waals surface area contributed by atoms with Crippen LogP contribution in [0.5, 0.6) is 17.2 Å². The number of hydrogen-bond donors (Lipinski definition) is 1. The molecule has 0 spiro atoms. The molecule has 1 aliphatic heterocycles. The number of benzene rings is 1. The van der Waals surface area contributed by atoms with Crippen LogP contribution < -0.4 is 19.5 Å². The minimum absolute atomic E-state index is 0.0944. The van der Waals surface area contributed by atoms with Crippen molar-refractivity contribution in [2.24, 2.45) is 0 Å². The van der Waals surface area contributed by atoms with E-state index in [9.17, 15) is 14.4 Å². The summed E-state index contributed by atoms with van der Waals surface area (Å²) in [6.07, 6.45) is 1.24. The Morgan fingerprint density at radius 2 is 1.69 bits per heavy atom. The van der Waals surface area contributed by atoms with Crippen LogP contribution in [0.2, 0.25) is 0 Å². The molecule has 0 unspecified atom stereocenters. The highest BCUT2D eigenvalue weighted by atomic mass is 16.6. The Kier molecular flexibility index (Phi) is 6.97. The fraction of sp³-hybridized carbons (Fsp3) is 0.500. The predicted octanol–water partition coefficient (Wildman–Crippen LogP) is 1.50. The average Bonchev–Trinajstić information content (AvgIpc) is 3.19. The zero-order valence-corrected chi connectivity index (χ0v) is 15.1. The zero-order chi connectivity index (χ0) is 19.1. The van der Waals surface area contributed by atoms with Gasteiger partial charge in [0.15, 0.2) is 17.3 Å². The van der Waals surface area contributed by atoms with Gasteiger partial charge in [-0.15, -0.1) is 0 Å². The van der Waals surface area contributed by atoms with E-state index in [0.29, 0.717) is 29.2 Å². The number of hydrogen-bond acceptors (Lipinski definition) is 8. The number of carbonyl (C=O) groups excluding carboxylic acids is 3. The van der Waals surface area contributed by atoms with Gasteiger partial charge in [-0.1, -0.05) is 0 Å². The van der Waals surface area contributed by atoms with E-state index in [2.05, 4.69) is 5.32 Å². The first-order chi connectivity index (χ1) is 12.5. The van der Waals surface area contributed by atoms with Crippen molar-refractivity contribution in [2.75, 3.05) is 27.9 Å². The Balaban J connectivity index is 1.96. The minimum atomic E-state index is -0.718. The van der Waals surface area contributed by atoms with Gasteiger partial charge in [-0.05, 0) is 31.5 Å². The summed E-state index contributed by atoms with van der Waals surface area (Å²) in [7, 11) is 4.37. The Hall–Kier alpha value is -2.61. The molecule has 1 atom stereocenters. The topological polar surface area (TPSA) is 100 Å². The normalized spacial score (nSPS) is 16.0. The molecule has 1 saturated heterocycles. The molecule has 0 aliphatic carbocycles. The Morgan fingerprint density at radius 1 is 1.04 bits per heavy atom. The summed E-state index contributed by atoms with van der Waals surface area (Å²) in [5, 5.41) is 2.96. The summed E-state index contributed by atoms with van der Waals surface area (Å²) >= 11 is 0. The van der Waals surface area contributed by atoms with Gasteiger partial charge in [-0.2, -0.15) is 0 Å². The predicted molar refractivity (Wildman–Crippen MR) is 91.8 cm³/mol. The molecule has 1 fully saturated rings. The largest absolute Gasteiger partial charge is 0.493 e. The van der Waals surface area contributed by atoms with Crippen molar-refractivity contribution in [1.82, 2.24) is 5.32 Å². The molecule has 1 aliphatic rings. The molecule has 1 N–H and O–H groups in total. The van der Waals surface area contributed by atoms with Gasteiger partial charge in [0.25, 0.3) is 0 Å². The Labute approximate surface area is 151 Å². The maximum absolute atomic E-state index is 12.4. The standard InChI is InChI=1S/C18H23NO7/c1-23-14-9-11(10-15(24-2)17(14)25-3)13(20)6-7-16(21)26-18(22)12-5-4-8-19-12/h9-10,12,19H,4-8H2,1-3H3/t12-/m0/s1. The van der Waals surface area contributed by atoms with Crippen LogP contribution in [0, 0.1) is 0 Å². The van der Waals surface area contributed by atoms with Gasteiger partial charge in [-0.3, -0.25) is 9.59 Å². The average molecular weight is 365 g/mol. The van der Waals surface area contributed by atoms with Crippen LogP contribution in [-0.2, 0) is 14.3 Å². The molecule has 1 aromatic rings. The van der Waals surface area contributed by atoms with Crippen molar-refractivity contribution in [3.63, 3.8) is 0 Å². The monoisotopic (exact) mass is 365 g/mol. The number of nitrogens with one attached hydrogen (secondary N) is 1. The quantitative estimate of drug-likeness (QED) is 0.420. The molecule has 0 saturated carbocycles. The molecular weight excluding hydrogens is 342 g/mol. The van der Waals surface area contributed by atoms with E-state index in [4.69, 9.17) is 18.9 Å². The number of ether oxygens (including phenoxy) is 4. The van der Waals surface area contributed by atoms with Crippen molar-refractivity contribution < 1.29 is 33.3 Å². The molecule has 0 aromatic heterocycles. The lowest BCUT2D eigenvalue weighted by molar-refractivity contribution is -0.160. The van der Waals surface area contributed by atoms with Gasteiger partial charge in [0, 0.05) is 12.0 Å². The van der Waals surface area contributed by atoms with Crippen molar-refractivity contribution in [3.8, 4) is 17.2 Å². The molecule has 1 aromatic carbocycles. The first-order valence-corrected chi connectivity index (χ1v) is 8.31. The van der Waals surface area contributed by atoms with E-state index in [0.717, 1.165) is 13.0 Å². The minimum Gasteiger partial charge on any atom is -0.493 e. The third kappa shape index (κ3) is 4.72. The Bertz CT molecular complexity index is 655. The second-order valence-corrected chi connectivity index (χ2v) is 5.78.